The fourth-order valence-electron chi connectivity index (χ4n) is 6.32. The molecule has 0 aliphatic heterocycles. The summed E-state index contributed by atoms with van der Waals surface area (Å²) in [6.07, 6.45) is 0. The standard InChI is InChI=1S/C38H22F2/c39-27-15-9-23(10-16-27)25-13-19-31-32-20-14-26(24-11-17-28(40)18-12-24)22-36(32)38-34-8-4-2-6-30(34)29-5-1-3-7-33(29)37(38)35(31)21-25/h1-22H. The van der Waals surface area contributed by atoms with Gasteiger partial charge in [0, 0.05) is 0 Å². The first-order valence-corrected chi connectivity index (χ1v) is 13.4. The third kappa shape index (κ3) is 3.43. The van der Waals surface area contributed by atoms with Crippen LogP contribution in [0.4, 0.5) is 8.78 Å². The van der Waals surface area contributed by atoms with Gasteiger partial charge in [0.15, 0.2) is 0 Å². The molecule has 0 spiro atoms. The van der Waals surface area contributed by atoms with Crippen LogP contribution < -0.4 is 0 Å². The second kappa shape index (κ2) is 8.72. The smallest absolute Gasteiger partial charge is 0.123 e. The van der Waals surface area contributed by atoms with Crippen molar-refractivity contribution >= 4 is 53.9 Å². The summed E-state index contributed by atoms with van der Waals surface area (Å²) in [7, 11) is 0. The first-order valence-electron chi connectivity index (χ1n) is 13.4. The summed E-state index contributed by atoms with van der Waals surface area (Å²) >= 11 is 0. The lowest BCUT2D eigenvalue weighted by atomic mass is 9.85. The van der Waals surface area contributed by atoms with Crippen molar-refractivity contribution in [2.24, 2.45) is 0 Å². The van der Waals surface area contributed by atoms with E-state index in [0.717, 1.165) is 22.3 Å². The summed E-state index contributed by atoms with van der Waals surface area (Å²) in [6.45, 7) is 0. The maximum Gasteiger partial charge on any atom is 0.123 e. The highest BCUT2D eigenvalue weighted by Crippen LogP contribution is 2.45. The van der Waals surface area contributed by atoms with Crippen LogP contribution in [0.3, 0.4) is 0 Å². The van der Waals surface area contributed by atoms with E-state index in [2.05, 4.69) is 84.9 Å². The maximum atomic E-state index is 13.7. The highest BCUT2D eigenvalue weighted by atomic mass is 19.1. The number of fused-ring (bicyclic) bond motifs is 11. The summed E-state index contributed by atoms with van der Waals surface area (Å²) in [5.41, 5.74) is 4.06. The van der Waals surface area contributed by atoms with Crippen molar-refractivity contribution < 1.29 is 8.78 Å². The molecule has 0 aromatic heterocycles. The lowest BCUT2D eigenvalue weighted by Gasteiger charge is -2.18. The molecule has 8 aromatic carbocycles. The second-order valence-corrected chi connectivity index (χ2v) is 10.4. The van der Waals surface area contributed by atoms with Gasteiger partial charge in [-0.3, -0.25) is 0 Å². The molecule has 0 aliphatic carbocycles. The topological polar surface area (TPSA) is 0 Å². The largest absolute Gasteiger partial charge is 0.207 e. The number of rotatable bonds is 2. The molecule has 0 bridgehead atoms. The zero-order valence-electron chi connectivity index (χ0n) is 21.5. The lowest BCUT2D eigenvalue weighted by molar-refractivity contribution is 0.627. The third-order valence-electron chi connectivity index (χ3n) is 8.16. The Labute approximate surface area is 229 Å². The molecule has 188 valence electrons. The van der Waals surface area contributed by atoms with Gasteiger partial charge in [0.05, 0.1) is 0 Å². The van der Waals surface area contributed by atoms with E-state index in [-0.39, 0.29) is 11.6 Å². The Morgan fingerprint density at radius 2 is 0.600 bits per heavy atom. The van der Waals surface area contributed by atoms with E-state index in [1.54, 1.807) is 0 Å². The lowest BCUT2D eigenvalue weighted by Crippen LogP contribution is -1.90. The Kier molecular flexibility index (Phi) is 4.99. The zero-order chi connectivity index (χ0) is 26.8. The van der Waals surface area contributed by atoms with Gasteiger partial charge < -0.3 is 0 Å². The molecule has 0 unspecified atom stereocenters. The Bertz CT molecular complexity index is 2100. The summed E-state index contributed by atoms with van der Waals surface area (Å²) in [5, 5.41) is 11.9. The van der Waals surface area contributed by atoms with Gasteiger partial charge in [0.2, 0.25) is 0 Å². The third-order valence-corrected chi connectivity index (χ3v) is 8.16. The van der Waals surface area contributed by atoms with Crippen LogP contribution in [0.5, 0.6) is 0 Å². The van der Waals surface area contributed by atoms with E-state index in [4.69, 9.17) is 0 Å². The van der Waals surface area contributed by atoms with E-state index >= 15 is 0 Å². The minimum Gasteiger partial charge on any atom is -0.207 e. The van der Waals surface area contributed by atoms with Crippen molar-refractivity contribution in [1.82, 2.24) is 0 Å². The fraction of sp³-hybridized carbons (Fsp3) is 0. The second-order valence-electron chi connectivity index (χ2n) is 10.4. The molecule has 40 heavy (non-hydrogen) atoms. The van der Waals surface area contributed by atoms with Gasteiger partial charge in [-0.1, -0.05) is 97.1 Å². The van der Waals surface area contributed by atoms with Gasteiger partial charge in [-0.2, -0.15) is 0 Å². The molecule has 0 N–H and O–H groups in total. The molecule has 2 heteroatoms. The predicted octanol–water partition coefficient (Wildman–Crippen LogP) is 11.1. The van der Waals surface area contributed by atoms with Gasteiger partial charge in [0.1, 0.15) is 11.6 Å². The summed E-state index contributed by atoms with van der Waals surface area (Å²) < 4.78 is 27.4. The summed E-state index contributed by atoms with van der Waals surface area (Å²) in [6, 6.07) is 43.7. The van der Waals surface area contributed by atoms with Crippen LogP contribution in [0.25, 0.3) is 76.1 Å². The average molecular weight is 517 g/mol. The van der Waals surface area contributed by atoms with Crippen LogP contribution in [0.2, 0.25) is 0 Å². The Hall–Kier alpha value is -5.08. The highest BCUT2D eigenvalue weighted by molar-refractivity contribution is 6.39. The van der Waals surface area contributed by atoms with Gasteiger partial charge in [-0.15, -0.1) is 0 Å². The van der Waals surface area contributed by atoms with Gasteiger partial charge in [-0.05, 0) is 113 Å². The first kappa shape index (κ1) is 22.9. The number of benzene rings is 8. The minimum absolute atomic E-state index is 0.240. The summed E-state index contributed by atoms with van der Waals surface area (Å²) in [4.78, 5) is 0. The SMILES string of the molecule is Fc1ccc(-c2ccc3c4ccc(-c5ccc(F)cc5)cc4c4c5ccccc5c5ccccc5c4c3c2)cc1. The number of hydrogen-bond donors (Lipinski definition) is 0. The van der Waals surface area contributed by atoms with Crippen molar-refractivity contribution in [2.75, 3.05) is 0 Å². The normalized spacial score (nSPS) is 11.8. The summed E-state index contributed by atoms with van der Waals surface area (Å²) in [5.74, 6) is -0.481. The molecule has 0 heterocycles. The van der Waals surface area contributed by atoms with E-state index in [1.165, 1.54) is 78.1 Å². The molecule has 0 amide bonds. The van der Waals surface area contributed by atoms with Gasteiger partial charge in [0.25, 0.3) is 0 Å². The van der Waals surface area contributed by atoms with Crippen LogP contribution in [0, 0.1) is 11.6 Å². The monoisotopic (exact) mass is 516 g/mol. The molecule has 0 saturated carbocycles. The molecule has 0 fully saturated rings. The van der Waals surface area contributed by atoms with E-state index < -0.39 is 0 Å². The molecule has 0 saturated heterocycles. The van der Waals surface area contributed by atoms with Crippen LogP contribution in [0.1, 0.15) is 0 Å². The quantitative estimate of drug-likeness (QED) is 0.200. The Balaban J connectivity index is 1.59. The Morgan fingerprint density at radius 1 is 0.275 bits per heavy atom. The van der Waals surface area contributed by atoms with E-state index in [9.17, 15) is 8.78 Å². The van der Waals surface area contributed by atoms with Crippen molar-refractivity contribution in [1.29, 1.82) is 0 Å². The van der Waals surface area contributed by atoms with Gasteiger partial charge >= 0.3 is 0 Å². The van der Waals surface area contributed by atoms with Crippen molar-refractivity contribution in [3.05, 3.63) is 145 Å². The molecular weight excluding hydrogens is 494 g/mol. The minimum atomic E-state index is -0.240. The fourth-order valence-corrected chi connectivity index (χ4v) is 6.32. The maximum absolute atomic E-state index is 13.7. The van der Waals surface area contributed by atoms with E-state index in [0.29, 0.717) is 0 Å². The predicted molar refractivity (Wildman–Crippen MR) is 165 cm³/mol. The zero-order valence-corrected chi connectivity index (χ0v) is 21.5. The van der Waals surface area contributed by atoms with Crippen molar-refractivity contribution in [3.8, 4) is 22.3 Å². The molecular formula is C38H22F2. The van der Waals surface area contributed by atoms with Crippen molar-refractivity contribution in [2.45, 2.75) is 0 Å². The first-order chi connectivity index (χ1) is 19.7. The van der Waals surface area contributed by atoms with Crippen molar-refractivity contribution in [3.63, 3.8) is 0 Å². The number of halogens is 2. The highest BCUT2D eigenvalue weighted by Gasteiger charge is 2.17. The van der Waals surface area contributed by atoms with Crippen LogP contribution in [0.15, 0.2) is 133 Å². The van der Waals surface area contributed by atoms with Crippen LogP contribution in [-0.2, 0) is 0 Å². The molecule has 0 aliphatic rings. The van der Waals surface area contributed by atoms with Crippen LogP contribution >= 0.6 is 0 Å². The average Bonchev–Trinajstić information content (AvgIpc) is 3.01. The number of hydrogen-bond acceptors (Lipinski definition) is 0. The molecule has 8 rings (SSSR count). The molecule has 8 aromatic rings. The Morgan fingerprint density at radius 3 is 1.00 bits per heavy atom. The van der Waals surface area contributed by atoms with E-state index in [1.807, 2.05) is 24.3 Å². The molecule has 0 nitrogen and oxygen atoms in total. The van der Waals surface area contributed by atoms with Gasteiger partial charge in [-0.25, -0.2) is 8.78 Å². The molecule has 0 radical (unpaired) electrons. The molecule has 0 atom stereocenters. The van der Waals surface area contributed by atoms with Crippen LogP contribution in [-0.4, -0.2) is 0 Å².